The zero-order chi connectivity index (χ0) is 7.11. The van der Waals surface area contributed by atoms with E-state index in [4.69, 9.17) is 6.42 Å². The van der Waals surface area contributed by atoms with Crippen LogP contribution in [0.5, 0.6) is 0 Å². The molecule has 0 aromatic carbocycles. The van der Waals surface area contributed by atoms with E-state index in [1.165, 1.54) is 0 Å². The summed E-state index contributed by atoms with van der Waals surface area (Å²) in [6.07, 6.45) is 6.64. The van der Waals surface area contributed by atoms with Gasteiger partial charge in [0.25, 0.3) is 0 Å². The number of nitrogens with one attached hydrogen (secondary N) is 1. The van der Waals surface area contributed by atoms with Crippen LogP contribution in [-0.2, 0) is 10.8 Å². The Morgan fingerprint density at radius 2 is 2.44 bits per heavy atom. The highest BCUT2D eigenvalue weighted by Gasteiger charge is 1.87. The maximum Gasteiger partial charge on any atom is 0.0574 e. The minimum Gasteiger partial charge on any atom is -0.305 e. The molecule has 0 saturated carbocycles. The molecule has 0 radical (unpaired) electrons. The van der Waals surface area contributed by atoms with Crippen molar-refractivity contribution >= 4 is 10.8 Å². The summed E-state index contributed by atoms with van der Waals surface area (Å²) in [6.45, 7) is 1.31. The minimum absolute atomic E-state index is 0.567. The summed E-state index contributed by atoms with van der Waals surface area (Å²) in [5, 5.41) is 2.94. The van der Waals surface area contributed by atoms with Crippen LogP contribution in [0.2, 0.25) is 0 Å². The Morgan fingerprint density at radius 3 is 2.89 bits per heavy atom. The fourth-order valence-corrected chi connectivity index (χ4v) is 0.808. The summed E-state index contributed by atoms with van der Waals surface area (Å²) >= 11 is 0. The Kier molecular flexibility index (Phi) is 5.59. The minimum atomic E-state index is -0.700. The highest BCUT2D eigenvalue weighted by atomic mass is 32.2. The summed E-state index contributed by atoms with van der Waals surface area (Å²) in [5.41, 5.74) is 0. The van der Waals surface area contributed by atoms with E-state index < -0.39 is 10.8 Å². The van der Waals surface area contributed by atoms with Gasteiger partial charge in [-0.3, -0.25) is 4.21 Å². The Morgan fingerprint density at radius 1 is 1.78 bits per heavy atom. The molecule has 0 rings (SSSR count). The van der Waals surface area contributed by atoms with Crippen molar-refractivity contribution in [3.8, 4) is 12.3 Å². The Labute approximate surface area is 58.5 Å². The average Bonchev–Trinajstić information content (AvgIpc) is 1.80. The molecule has 2 nitrogen and oxygen atoms in total. The summed E-state index contributed by atoms with van der Waals surface area (Å²) < 4.78 is 10.4. The molecule has 0 saturated heterocycles. The van der Waals surface area contributed by atoms with Crippen molar-refractivity contribution in [1.82, 2.24) is 5.32 Å². The molecule has 0 aromatic rings. The molecule has 0 aliphatic rings. The number of hydrogen-bond acceptors (Lipinski definition) is 2. The molecule has 0 heterocycles. The third-order valence-electron chi connectivity index (χ3n) is 0.793. The molecule has 0 fully saturated rings. The third kappa shape index (κ3) is 7.67. The number of rotatable bonds is 4. The SMILES string of the molecule is C#CCNCCS(C)=O. The Bertz CT molecular complexity index is 128. The van der Waals surface area contributed by atoms with Crippen molar-refractivity contribution in [2.75, 3.05) is 25.1 Å². The lowest BCUT2D eigenvalue weighted by molar-refractivity contribution is 0.682. The lowest BCUT2D eigenvalue weighted by Crippen LogP contribution is -2.20. The first kappa shape index (κ1) is 8.67. The average molecular weight is 145 g/mol. The monoisotopic (exact) mass is 145 g/mol. The van der Waals surface area contributed by atoms with Crippen LogP contribution in [0.1, 0.15) is 0 Å². The number of hydrogen-bond donors (Lipinski definition) is 1. The van der Waals surface area contributed by atoms with E-state index in [0.717, 1.165) is 6.54 Å². The van der Waals surface area contributed by atoms with E-state index in [9.17, 15) is 4.21 Å². The molecule has 1 atom stereocenters. The van der Waals surface area contributed by atoms with Crippen molar-refractivity contribution < 1.29 is 4.21 Å². The van der Waals surface area contributed by atoms with Crippen molar-refractivity contribution in [1.29, 1.82) is 0 Å². The quantitative estimate of drug-likeness (QED) is 0.430. The van der Waals surface area contributed by atoms with E-state index in [1.54, 1.807) is 6.26 Å². The summed E-state index contributed by atoms with van der Waals surface area (Å²) in [5.74, 6) is 3.11. The Balaban J connectivity index is 2.94. The highest BCUT2D eigenvalue weighted by molar-refractivity contribution is 7.84. The van der Waals surface area contributed by atoms with Gasteiger partial charge in [0.05, 0.1) is 6.54 Å². The van der Waals surface area contributed by atoms with Gasteiger partial charge in [0, 0.05) is 29.4 Å². The molecule has 0 aliphatic heterocycles. The van der Waals surface area contributed by atoms with Gasteiger partial charge in [-0.2, -0.15) is 0 Å². The van der Waals surface area contributed by atoms with Crippen LogP contribution in [0.25, 0.3) is 0 Å². The first-order chi connectivity index (χ1) is 4.27. The van der Waals surface area contributed by atoms with Crippen LogP contribution in [0, 0.1) is 12.3 Å². The number of terminal acetylenes is 1. The normalized spacial score (nSPS) is 12.4. The fourth-order valence-electron chi connectivity index (χ4n) is 0.376. The maximum atomic E-state index is 10.4. The van der Waals surface area contributed by atoms with Crippen molar-refractivity contribution in [3.05, 3.63) is 0 Å². The van der Waals surface area contributed by atoms with E-state index in [0.29, 0.717) is 12.3 Å². The predicted octanol–water partition coefficient (Wildman–Crippen LogP) is -0.412. The molecule has 9 heavy (non-hydrogen) atoms. The molecular formula is C6H11NOS. The van der Waals surface area contributed by atoms with Crippen molar-refractivity contribution in [2.45, 2.75) is 0 Å². The third-order valence-corrected chi connectivity index (χ3v) is 1.57. The second kappa shape index (κ2) is 5.80. The van der Waals surface area contributed by atoms with E-state index in [1.807, 2.05) is 0 Å². The van der Waals surface area contributed by atoms with Crippen LogP contribution in [-0.4, -0.2) is 29.3 Å². The molecule has 1 N–H and O–H groups in total. The van der Waals surface area contributed by atoms with Gasteiger partial charge in [-0.25, -0.2) is 0 Å². The molecule has 1 unspecified atom stereocenters. The lowest BCUT2D eigenvalue weighted by Gasteiger charge is -1.95. The zero-order valence-corrected chi connectivity index (χ0v) is 6.33. The second-order valence-corrected chi connectivity index (χ2v) is 3.21. The van der Waals surface area contributed by atoms with Gasteiger partial charge in [-0.05, 0) is 0 Å². The van der Waals surface area contributed by atoms with Crippen LogP contribution < -0.4 is 5.32 Å². The van der Waals surface area contributed by atoms with Gasteiger partial charge in [0.1, 0.15) is 0 Å². The molecule has 0 bridgehead atoms. The highest BCUT2D eigenvalue weighted by Crippen LogP contribution is 1.69. The van der Waals surface area contributed by atoms with Crippen LogP contribution >= 0.6 is 0 Å². The Hall–Kier alpha value is -0.330. The predicted molar refractivity (Wildman–Crippen MR) is 40.6 cm³/mol. The standard InChI is InChI=1S/C6H11NOS/c1-3-4-7-5-6-9(2)8/h1,7H,4-6H2,2H3. The first-order valence-electron chi connectivity index (χ1n) is 2.71. The second-order valence-electron chi connectivity index (χ2n) is 1.66. The molecule has 52 valence electrons. The molecule has 0 aromatic heterocycles. The maximum absolute atomic E-state index is 10.4. The topological polar surface area (TPSA) is 29.1 Å². The van der Waals surface area contributed by atoms with Crippen molar-refractivity contribution in [2.24, 2.45) is 0 Å². The van der Waals surface area contributed by atoms with Gasteiger partial charge in [0.2, 0.25) is 0 Å². The fraction of sp³-hybridized carbons (Fsp3) is 0.667. The van der Waals surface area contributed by atoms with Gasteiger partial charge < -0.3 is 5.32 Å². The van der Waals surface area contributed by atoms with Gasteiger partial charge in [-0.15, -0.1) is 6.42 Å². The summed E-state index contributed by atoms with van der Waals surface area (Å²) in [7, 11) is -0.700. The zero-order valence-electron chi connectivity index (χ0n) is 5.52. The molecular weight excluding hydrogens is 134 g/mol. The largest absolute Gasteiger partial charge is 0.305 e. The van der Waals surface area contributed by atoms with E-state index in [2.05, 4.69) is 11.2 Å². The smallest absolute Gasteiger partial charge is 0.0574 e. The van der Waals surface area contributed by atoms with E-state index >= 15 is 0 Å². The van der Waals surface area contributed by atoms with Crippen LogP contribution in [0.3, 0.4) is 0 Å². The molecule has 0 spiro atoms. The first-order valence-corrected chi connectivity index (χ1v) is 4.44. The summed E-state index contributed by atoms with van der Waals surface area (Å²) in [4.78, 5) is 0. The van der Waals surface area contributed by atoms with Gasteiger partial charge in [0.15, 0.2) is 0 Å². The van der Waals surface area contributed by atoms with Gasteiger partial charge in [-0.1, -0.05) is 5.92 Å². The molecule has 0 aliphatic carbocycles. The van der Waals surface area contributed by atoms with E-state index in [-0.39, 0.29) is 0 Å². The van der Waals surface area contributed by atoms with Crippen molar-refractivity contribution in [3.63, 3.8) is 0 Å². The van der Waals surface area contributed by atoms with Gasteiger partial charge >= 0.3 is 0 Å². The summed E-state index contributed by atoms with van der Waals surface area (Å²) in [6, 6.07) is 0. The molecule has 3 heteroatoms. The van der Waals surface area contributed by atoms with Crippen LogP contribution in [0.15, 0.2) is 0 Å². The van der Waals surface area contributed by atoms with Crippen LogP contribution in [0.4, 0.5) is 0 Å². The molecule has 0 amide bonds. The lowest BCUT2D eigenvalue weighted by atomic mass is 10.6.